The highest BCUT2D eigenvalue weighted by atomic mass is 16.2. The van der Waals surface area contributed by atoms with Crippen LogP contribution < -0.4 is 10.9 Å². The lowest BCUT2D eigenvalue weighted by Crippen LogP contribution is -2.43. The van der Waals surface area contributed by atoms with Gasteiger partial charge in [-0.15, -0.1) is 0 Å². The molecule has 0 spiro atoms. The molecular weight excluding hydrogens is 266 g/mol. The number of hydrogen-bond acceptors (Lipinski definition) is 3. The van der Waals surface area contributed by atoms with Crippen LogP contribution in [0.2, 0.25) is 0 Å². The van der Waals surface area contributed by atoms with E-state index in [9.17, 15) is 9.59 Å². The standard InChI is InChI=1S/C16H17N3O2/c1-2-14(12-7-4-3-5-8-12)16(21)19-18-15(20)13-9-6-10-17-11-13/h3-11,14H,2H2,1H3,(H,18,20)(H,19,21). The molecule has 108 valence electrons. The second kappa shape index (κ2) is 7.19. The number of carbonyl (C=O) groups excluding carboxylic acids is 2. The normalized spacial score (nSPS) is 11.5. The van der Waals surface area contributed by atoms with Crippen LogP contribution in [0.25, 0.3) is 0 Å². The SMILES string of the molecule is CCC(C(=O)NNC(=O)c1cccnc1)c1ccccc1. The Kier molecular flexibility index (Phi) is 5.04. The lowest BCUT2D eigenvalue weighted by atomic mass is 9.96. The molecular formula is C16H17N3O2. The van der Waals surface area contributed by atoms with Gasteiger partial charge in [0, 0.05) is 12.4 Å². The van der Waals surface area contributed by atoms with Crippen LogP contribution in [0.1, 0.15) is 35.2 Å². The number of amides is 2. The van der Waals surface area contributed by atoms with E-state index >= 15 is 0 Å². The Bertz CT molecular complexity index is 599. The van der Waals surface area contributed by atoms with Crippen LogP contribution in [0.5, 0.6) is 0 Å². The number of aromatic nitrogens is 1. The second-order valence-corrected chi connectivity index (χ2v) is 4.56. The van der Waals surface area contributed by atoms with E-state index in [1.165, 1.54) is 6.20 Å². The number of pyridine rings is 1. The van der Waals surface area contributed by atoms with Crippen LogP contribution in [0.4, 0.5) is 0 Å². The maximum absolute atomic E-state index is 12.2. The van der Waals surface area contributed by atoms with Crippen molar-refractivity contribution in [1.82, 2.24) is 15.8 Å². The minimum Gasteiger partial charge on any atom is -0.273 e. The molecule has 1 atom stereocenters. The number of hydrogen-bond donors (Lipinski definition) is 2. The van der Waals surface area contributed by atoms with Gasteiger partial charge in [-0.1, -0.05) is 37.3 Å². The topological polar surface area (TPSA) is 71.1 Å². The van der Waals surface area contributed by atoms with Gasteiger partial charge in [-0.2, -0.15) is 0 Å². The molecule has 1 heterocycles. The van der Waals surface area contributed by atoms with Gasteiger partial charge < -0.3 is 0 Å². The molecule has 0 saturated carbocycles. The van der Waals surface area contributed by atoms with Crippen LogP contribution in [-0.2, 0) is 4.79 Å². The lowest BCUT2D eigenvalue weighted by Gasteiger charge is -2.15. The van der Waals surface area contributed by atoms with E-state index < -0.39 is 0 Å². The molecule has 2 amide bonds. The Balaban J connectivity index is 1.96. The Labute approximate surface area is 123 Å². The maximum atomic E-state index is 12.2. The van der Waals surface area contributed by atoms with Crippen molar-refractivity contribution in [2.24, 2.45) is 0 Å². The zero-order valence-electron chi connectivity index (χ0n) is 11.7. The van der Waals surface area contributed by atoms with Crippen LogP contribution in [0.3, 0.4) is 0 Å². The highest BCUT2D eigenvalue weighted by Crippen LogP contribution is 2.18. The summed E-state index contributed by atoms with van der Waals surface area (Å²) in [5, 5.41) is 0. The first kappa shape index (κ1) is 14.7. The van der Waals surface area contributed by atoms with Crippen molar-refractivity contribution in [2.45, 2.75) is 19.3 Å². The molecule has 0 aliphatic heterocycles. The summed E-state index contributed by atoms with van der Waals surface area (Å²) >= 11 is 0. The van der Waals surface area contributed by atoms with E-state index in [0.29, 0.717) is 12.0 Å². The molecule has 5 heteroatoms. The number of rotatable bonds is 4. The Morgan fingerprint density at radius 1 is 1.10 bits per heavy atom. The average molecular weight is 283 g/mol. The van der Waals surface area contributed by atoms with Gasteiger partial charge in [0.25, 0.3) is 5.91 Å². The zero-order valence-corrected chi connectivity index (χ0v) is 11.7. The van der Waals surface area contributed by atoms with Crippen molar-refractivity contribution in [1.29, 1.82) is 0 Å². The fourth-order valence-corrected chi connectivity index (χ4v) is 2.03. The first-order valence-corrected chi connectivity index (χ1v) is 6.77. The third-order valence-corrected chi connectivity index (χ3v) is 3.15. The predicted molar refractivity (Wildman–Crippen MR) is 79.3 cm³/mol. The predicted octanol–water partition coefficient (Wildman–Crippen LogP) is 2.04. The molecule has 1 aromatic carbocycles. The fraction of sp³-hybridized carbons (Fsp3) is 0.188. The summed E-state index contributed by atoms with van der Waals surface area (Å²) in [4.78, 5) is 27.9. The molecule has 2 aromatic rings. The number of nitrogens with one attached hydrogen (secondary N) is 2. The Morgan fingerprint density at radius 3 is 2.48 bits per heavy atom. The monoisotopic (exact) mass is 283 g/mol. The number of carbonyl (C=O) groups is 2. The zero-order chi connectivity index (χ0) is 15.1. The van der Waals surface area contributed by atoms with Crippen molar-refractivity contribution in [2.75, 3.05) is 0 Å². The van der Waals surface area contributed by atoms with Crippen LogP contribution in [0, 0.1) is 0 Å². The third kappa shape index (κ3) is 3.89. The minimum atomic E-state index is -0.389. The molecule has 5 nitrogen and oxygen atoms in total. The lowest BCUT2D eigenvalue weighted by molar-refractivity contribution is -0.123. The second-order valence-electron chi connectivity index (χ2n) is 4.56. The van der Waals surface area contributed by atoms with Crippen molar-refractivity contribution < 1.29 is 9.59 Å². The molecule has 2 rings (SSSR count). The Morgan fingerprint density at radius 2 is 1.86 bits per heavy atom. The smallest absolute Gasteiger partial charge is 0.271 e. The molecule has 1 unspecified atom stereocenters. The fourth-order valence-electron chi connectivity index (χ4n) is 2.03. The van der Waals surface area contributed by atoms with Gasteiger partial charge >= 0.3 is 0 Å². The molecule has 0 bridgehead atoms. The van der Waals surface area contributed by atoms with Crippen LogP contribution >= 0.6 is 0 Å². The van der Waals surface area contributed by atoms with Gasteiger partial charge in [0.15, 0.2) is 0 Å². The molecule has 0 saturated heterocycles. The summed E-state index contributed by atoms with van der Waals surface area (Å²) in [6.07, 6.45) is 3.67. The van der Waals surface area contributed by atoms with Crippen molar-refractivity contribution in [3.8, 4) is 0 Å². The molecule has 0 radical (unpaired) electrons. The largest absolute Gasteiger partial charge is 0.273 e. The van der Waals surface area contributed by atoms with Gasteiger partial charge in [-0.3, -0.25) is 25.4 Å². The molecule has 1 aromatic heterocycles. The summed E-state index contributed by atoms with van der Waals surface area (Å²) in [5.41, 5.74) is 6.19. The van der Waals surface area contributed by atoms with Gasteiger partial charge in [0.1, 0.15) is 0 Å². The quantitative estimate of drug-likeness (QED) is 0.843. The van der Waals surface area contributed by atoms with E-state index in [1.54, 1.807) is 18.3 Å². The van der Waals surface area contributed by atoms with E-state index in [1.807, 2.05) is 37.3 Å². The summed E-state index contributed by atoms with van der Waals surface area (Å²) in [6.45, 7) is 1.93. The number of hydrazine groups is 1. The summed E-state index contributed by atoms with van der Waals surface area (Å²) < 4.78 is 0. The maximum Gasteiger partial charge on any atom is 0.271 e. The van der Waals surface area contributed by atoms with E-state index in [-0.39, 0.29) is 17.7 Å². The highest BCUT2D eigenvalue weighted by molar-refractivity contribution is 5.95. The summed E-state index contributed by atoms with van der Waals surface area (Å²) in [5.74, 6) is -0.916. The molecule has 0 fully saturated rings. The van der Waals surface area contributed by atoms with Crippen molar-refractivity contribution in [3.63, 3.8) is 0 Å². The summed E-state index contributed by atoms with van der Waals surface area (Å²) in [7, 11) is 0. The van der Waals surface area contributed by atoms with E-state index in [4.69, 9.17) is 0 Å². The third-order valence-electron chi connectivity index (χ3n) is 3.15. The van der Waals surface area contributed by atoms with Crippen molar-refractivity contribution >= 4 is 11.8 Å². The van der Waals surface area contributed by atoms with Crippen LogP contribution in [-0.4, -0.2) is 16.8 Å². The first-order valence-electron chi connectivity index (χ1n) is 6.77. The molecule has 2 N–H and O–H groups in total. The molecule has 21 heavy (non-hydrogen) atoms. The van der Waals surface area contributed by atoms with Gasteiger partial charge in [-0.25, -0.2) is 0 Å². The number of benzene rings is 1. The number of nitrogens with zero attached hydrogens (tertiary/aromatic N) is 1. The molecule has 0 aliphatic rings. The highest BCUT2D eigenvalue weighted by Gasteiger charge is 2.18. The van der Waals surface area contributed by atoms with Gasteiger partial charge in [0.2, 0.25) is 5.91 Å². The van der Waals surface area contributed by atoms with Gasteiger partial charge in [-0.05, 0) is 24.1 Å². The average Bonchev–Trinajstić information content (AvgIpc) is 2.55. The summed E-state index contributed by atoms with van der Waals surface area (Å²) in [6, 6.07) is 12.8. The molecule has 0 aliphatic carbocycles. The van der Waals surface area contributed by atoms with Crippen molar-refractivity contribution in [3.05, 3.63) is 66.0 Å². The van der Waals surface area contributed by atoms with Crippen LogP contribution in [0.15, 0.2) is 54.9 Å². The first-order chi connectivity index (χ1) is 10.2. The van der Waals surface area contributed by atoms with Gasteiger partial charge in [0.05, 0.1) is 11.5 Å². The Hall–Kier alpha value is -2.69. The van der Waals surface area contributed by atoms with E-state index in [0.717, 1.165) is 5.56 Å². The van der Waals surface area contributed by atoms with E-state index in [2.05, 4.69) is 15.8 Å². The minimum absolute atomic E-state index is 0.235.